The first-order valence-corrected chi connectivity index (χ1v) is 21.0. The number of unbranched alkanes of at least 4 members (excludes halogenated alkanes) is 2. The number of ether oxygens (including phenoxy) is 1. The van der Waals surface area contributed by atoms with Crippen molar-refractivity contribution in [2.24, 2.45) is 0 Å². The lowest BCUT2D eigenvalue weighted by Crippen LogP contribution is -2.54. The second kappa shape index (κ2) is 21.0. The van der Waals surface area contributed by atoms with Crippen molar-refractivity contribution in [3.05, 3.63) is 75.0 Å². The quantitative estimate of drug-likeness (QED) is 0.0800. The molecule has 2 fully saturated rings. The van der Waals surface area contributed by atoms with Gasteiger partial charge in [0.25, 0.3) is 29.5 Å². The molecule has 0 bridgehead atoms. The van der Waals surface area contributed by atoms with E-state index in [0.29, 0.717) is 64.6 Å². The number of fused-ring (bicyclic) bond motifs is 1. The summed E-state index contributed by atoms with van der Waals surface area (Å²) in [5, 5.41) is 20.1. The van der Waals surface area contributed by atoms with Crippen LogP contribution in [0, 0.1) is 0 Å². The molecule has 1 unspecified atom stereocenters. The van der Waals surface area contributed by atoms with E-state index in [4.69, 9.17) is 27.9 Å². The second-order valence-corrected chi connectivity index (χ2v) is 15.7. The Labute approximate surface area is 365 Å². The summed E-state index contributed by atoms with van der Waals surface area (Å²) in [5.74, 6) is -4.28. The summed E-state index contributed by atoms with van der Waals surface area (Å²) in [6.45, 7) is 1.20. The molecule has 9 amide bonds. The fraction of sp³-hybridized carbons (Fsp3) is 0.415. The average molecular weight is 895 g/mol. The van der Waals surface area contributed by atoms with E-state index in [1.165, 1.54) is 36.5 Å². The molecular formula is C41H45Cl2N9O10. The van der Waals surface area contributed by atoms with Crippen molar-refractivity contribution < 1.29 is 47.9 Å². The van der Waals surface area contributed by atoms with Gasteiger partial charge in [0.2, 0.25) is 23.6 Å². The van der Waals surface area contributed by atoms with Crippen LogP contribution in [0.25, 0.3) is 0 Å². The Balaban J connectivity index is 0.797. The fourth-order valence-corrected chi connectivity index (χ4v) is 7.87. The lowest BCUT2D eigenvalue weighted by atomic mass is 10.0. The summed E-state index contributed by atoms with van der Waals surface area (Å²) in [5.41, 5.74) is 0.293. The van der Waals surface area contributed by atoms with E-state index < -0.39 is 54.0 Å². The Kier molecular flexibility index (Phi) is 15.3. The van der Waals surface area contributed by atoms with Crippen molar-refractivity contribution in [2.75, 3.05) is 38.1 Å². The molecule has 1 atom stereocenters. The number of benzene rings is 2. The molecule has 3 aliphatic heterocycles. The van der Waals surface area contributed by atoms with Crippen LogP contribution >= 0.6 is 23.2 Å². The predicted molar refractivity (Wildman–Crippen MR) is 222 cm³/mol. The number of piperidine rings is 2. The third-order valence-electron chi connectivity index (χ3n) is 10.6. The zero-order chi connectivity index (χ0) is 44.3. The van der Waals surface area contributed by atoms with E-state index >= 15 is 0 Å². The van der Waals surface area contributed by atoms with Crippen molar-refractivity contribution in [3.63, 3.8) is 0 Å². The Bertz CT molecular complexity index is 2240. The number of nitrogens with one attached hydrogen (secondary N) is 6. The van der Waals surface area contributed by atoms with E-state index in [2.05, 4.69) is 36.8 Å². The average Bonchev–Trinajstić information content (AvgIpc) is 3.81. The number of H-pyrrole nitrogens is 1. The lowest BCUT2D eigenvalue weighted by molar-refractivity contribution is -0.136. The van der Waals surface area contributed by atoms with Crippen molar-refractivity contribution in [3.8, 4) is 5.75 Å². The largest absolute Gasteiger partial charge is 0.483 e. The third kappa shape index (κ3) is 11.1. The number of imide groups is 2. The van der Waals surface area contributed by atoms with Crippen molar-refractivity contribution in [1.29, 1.82) is 0 Å². The molecule has 2 saturated heterocycles. The topological polar surface area (TPSA) is 258 Å². The number of aromatic amines is 1. The summed E-state index contributed by atoms with van der Waals surface area (Å²) < 4.78 is 5.59. The highest BCUT2D eigenvalue weighted by Gasteiger charge is 2.46. The summed E-state index contributed by atoms with van der Waals surface area (Å²) in [6, 6.07) is 7.74. The van der Waals surface area contributed by atoms with Gasteiger partial charge in [-0.1, -0.05) is 35.3 Å². The summed E-state index contributed by atoms with van der Waals surface area (Å²) in [6.07, 6.45) is 5.23. The van der Waals surface area contributed by atoms with E-state index in [0.717, 1.165) is 4.90 Å². The highest BCUT2D eigenvalue weighted by atomic mass is 35.5. The summed E-state index contributed by atoms with van der Waals surface area (Å²) in [7, 11) is 0. The number of hydrogen-bond donors (Lipinski definition) is 6. The number of anilines is 1. The molecule has 4 heterocycles. The Morgan fingerprint density at radius 3 is 2.19 bits per heavy atom. The van der Waals surface area contributed by atoms with Gasteiger partial charge >= 0.3 is 0 Å². The SMILES string of the molecule is O=C(CCCCNC(=O)COc1cccc2c1C(=O)N(C1CCC(=O)NC1=O)C2=O)NCCCCC(=O)N1CCC(NC(=O)c2[nH]ncc2NC(=O)c2c(Cl)cccc2Cl)CC1. The molecule has 1 aromatic heterocycles. The van der Waals surface area contributed by atoms with Crippen LogP contribution in [0.2, 0.25) is 10.0 Å². The number of rotatable bonds is 18. The monoisotopic (exact) mass is 893 g/mol. The number of nitrogens with zero attached hydrogens (tertiary/aromatic N) is 3. The Morgan fingerprint density at radius 2 is 1.48 bits per heavy atom. The van der Waals surface area contributed by atoms with Crippen LogP contribution < -0.4 is 31.3 Å². The summed E-state index contributed by atoms with van der Waals surface area (Å²) in [4.78, 5) is 116. The molecule has 0 radical (unpaired) electrons. The first-order chi connectivity index (χ1) is 29.8. The lowest BCUT2D eigenvalue weighted by Gasteiger charge is -2.32. The molecule has 0 spiro atoms. The van der Waals surface area contributed by atoms with Crippen LogP contribution in [0.3, 0.4) is 0 Å². The molecule has 62 heavy (non-hydrogen) atoms. The number of carbonyl (C=O) groups excluding carboxylic acids is 9. The van der Waals surface area contributed by atoms with Gasteiger partial charge in [-0.25, -0.2) is 0 Å². The van der Waals surface area contributed by atoms with Gasteiger partial charge in [-0.05, 0) is 69.2 Å². The van der Waals surface area contributed by atoms with Gasteiger partial charge in [-0.3, -0.25) is 58.5 Å². The van der Waals surface area contributed by atoms with Gasteiger partial charge in [-0.2, -0.15) is 5.10 Å². The van der Waals surface area contributed by atoms with Crippen LogP contribution in [0.5, 0.6) is 5.75 Å². The second-order valence-electron chi connectivity index (χ2n) is 14.9. The van der Waals surface area contributed by atoms with Crippen LogP contribution in [0.1, 0.15) is 106 Å². The van der Waals surface area contributed by atoms with Gasteiger partial charge in [0.15, 0.2) is 6.61 Å². The van der Waals surface area contributed by atoms with Crippen LogP contribution in [0.15, 0.2) is 42.6 Å². The predicted octanol–water partition coefficient (Wildman–Crippen LogP) is 2.74. The van der Waals surface area contributed by atoms with Gasteiger partial charge < -0.3 is 30.9 Å². The smallest absolute Gasteiger partial charge is 0.271 e. The molecule has 2 aromatic carbocycles. The first-order valence-electron chi connectivity index (χ1n) is 20.2. The van der Waals surface area contributed by atoms with Crippen molar-refractivity contribution in [2.45, 2.75) is 76.3 Å². The zero-order valence-corrected chi connectivity index (χ0v) is 35.0. The fourth-order valence-electron chi connectivity index (χ4n) is 7.30. The van der Waals surface area contributed by atoms with Gasteiger partial charge in [-0.15, -0.1) is 0 Å². The van der Waals surface area contributed by atoms with E-state index in [9.17, 15) is 43.2 Å². The van der Waals surface area contributed by atoms with Crippen molar-refractivity contribution in [1.82, 2.24) is 41.3 Å². The molecule has 0 saturated carbocycles. The molecule has 3 aliphatic rings. The minimum absolute atomic E-state index is 0.00181. The normalized spacial score (nSPS) is 16.4. The van der Waals surface area contributed by atoms with E-state index in [1.807, 2.05) is 0 Å². The van der Waals surface area contributed by atoms with Crippen LogP contribution in [-0.2, 0) is 24.0 Å². The molecule has 6 rings (SSSR count). The number of likely N-dealkylation sites (tertiary alicyclic amines) is 1. The number of aromatic nitrogens is 2. The van der Waals surface area contributed by atoms with Gasteiger partial charge in [0, 0.05) is 51.5 Å². The highest BCUT2D eigenvalue weighted by Crippen LogP contribution is 2.34. The molecule has 0 aliphatic carbocycles. The minimum atomic E-state index is -1.12. The maximum atomic E-state index is 13.2. The number of amides is 9. The molecular weight excluding hydrogens is 849 g/mol. The van der Waals surface area contributed by atoms with Crippen LogP contribution in [0.4, 0.5) is 5.69 Å². The zero-order valence-electron chi connectivity index (χ0n) is 33.5. The molecule has 6 N–H and O–H groups in total. The molecule has 19 nitrogen and oxygen atoms in total. The molecule has 21 heteroatoms. The number of carbonyl (C=O) groups is 9. The third-order valence-corrected chi connectivity index (χ3v) is 11.2. The minimum Gasteiger partial charge on any atom is -0.483 e. The van der Waals surface area contributed by atoms with E-state index in [-0.39, 0.29) is 87.5 Å². The number of halogens is 2. The van der Waals surface area contributed by atoms with E-state index in [1.54, 1.807) is 11.0 Å². The van der Waals surface area contributed by atoms with Crippen molar-refractivity contribution >= 4 is 82.1 Å². The maximum absolute atomic E-state index is 13.2. The molecule has 3 aromatic rings. The maximum Gasteiger partial charge on any atom is 0.271 e. The highest BCUT2D eigenvalue weighted by molar-refractivity contribution is 6.40. The number of hydrogen-bond acceptors (Lipinski definition) is 11. The first kappa shape index (κ1) is 45.2. The van der Waals surface area contributed by atoms with Gasteiger partial charge in [0.05, 0.1) is 38.6 Å². The Morgan fingerprint density at radius 1 is 0.806 bits per heavy atom. The summed E-state index contributed by atoms with van der Waals surface area (Å²) >= 11 is 12.3. The van der Waals surface area contributed by atoms with Crippen LogP contribution in [-0.4, -0.2) is 118 Å². The van der Waals surface area contributed by atoms with Gasteiger partial charge in [0.1, 0.15) is 17.5 Å². The Hall–Kier alpha value is -6.34. The molecule has 328 valence electrons. The standard InChI is InChI=1S/C41H45Cl2N9O10/c42-25-8-6-9-26(43)35(25)38(58)48-27-21-46-50-36(27)39(59)47-23-15-19-51(20-16-23)33(56)12-2-4-17-44-30(53)11-1-3-18-45-32(55)22-62-29-10-5-7-24-34(29)41(61)52(40(24)60)28-13-14-31(54)49-37(28)57/h5-10,21,23,28H,1-4,11-20,22H2,(H,44,53)(H,45,55)(H,46,50)(H,47,59)(H,48,58)(H,49,54,57).